The van der Waals surface area contributed by atoms with Gasteiger partial charge in [-0.05, 0) is 67.8 Å². The van der Waals surface area contributed by atoms with Crippen LogP contribution in [0.3, 0.4) is 0 Å². The molecule has 154 valence electrons. The Balaban J connectivity index is 1.47. The summed E-state index contributed by atoms with van der Waals surface area (Å²) in [6.07, 6.45) is 1.94. The van der Waals surface area contributed by atoms with Crippen LogP contribution in [0.15, 0.2) is 66.7 Å². The fourth-order valence-corrected chi connectivity index (χ4v) is 3.67. The van der Waals surface area contributed by atoms with Crippen LogP contribution in [0.2, 0.25) is 5.02 Å². The number of rotatable bonds is 8. The Kier molecular flexibility index (Phi) is 6.24. The van der Waals surface area contributed by atoms with E-state index < -0.39 is 0 Å². The van der Waals surface area contributed by atoms with Crippen LogP contribution in [0.1, 0.15) is 18.4 Å². The average Bonchev–Trinajstić information content (AvgIpc) is 3.14. The highest BCUT2D eigenvalue weighted by atomic mass is 35.5. The van der Waals surface area contributed by atoms with E-state index in [2.05, 4.69) is 28.8 Å². The summed E-state index contributed by atoms with van der Waals surface area (Å²) >= 11 is 6.08. The first kappa shape index (κ1) is 20.3. The lowest BCUT2D eigenvalue weighted by Crippen LogP contribution is -2.04. The fourth-order valence-electron chi connectivity index (χ4n) is 3.55. The molecule has 1 aromatic heterocycles. The molecule has 3 aromatic carbocycles. The molecule has 0 bridgehead atoms. The maximum absolute atomic E-state index is 6.08. The minimum atomic E-state index is 0.669. The lowest BCUT2D eigenvalue weighted by Gasteiger charge is -2.11. The molecule has 0 unspecified atom stereocenters. The third-order valence-corrected chi connectivity index (χ3v) is 5.58. The minimum Gasteiger partial charge on any atom is -0.497 e. The van der Waals surface area contributed by atoms with Gasteiger partial charge in [-0.1, -0.05) is 35.9 Å². The van der Waals surface area contributed by atoms with Crippen LogP contribution in [0.4, 0.5) is 0 Å². The summed E-state index contributed by atoms with van der Waals surface area (Å²) in [7, 11) is 1.68. The van der Waals surface area contributed by atoms with Crippen molar-refractivity contribution in [2.45, 2.75) is 26.3 Å². The molecule has 0 fully saturated rings. The second-order valence-electron chi connectivity index (χ2n) is 7.27. The van der Waals surface area contributed by atoms with E-state index in [4.69, 9.17) is 26.1 Å². The molecule has 0 atom stereocenters. The van der Waals surface area contributed by atoms with Gasteiger partial charge in [0.05, 0.1) is 24.8 Å². The number of methoxy groups -OCH3 is 1. The van der Waals surface area contributed by atoms with Gasteiger partial charge in [-0.3, -0.25) is 0 Å². The second-order valence-corrected chi connectivity index (χ2v) is 7.68. The molecule has 4 nitrogen and oxygen atoms in total. The number of imidazole rings is 1. The molecule has 0 aliphatic rings. The molecule has 0 radical (unpaired) electrons. The van der Waals surface area contributed by atoms with Crippen molar-refractivity contribution in [1.82, 2.24) is 9.55 Å². The normalized spacial score (nSPS) is 11.0. The number of aryl methyl sites for hydroxylation is 2. The van der Waals surface area contributed by atoms with E-state index in [1.54, 1.807) is 7.11 Å². The SMILES string of the molecule is COc1cccc(-c2nc3ccccc3n2CCCCOc2ccc(Cl)c(C)c2)c1. The van der Waals surface area contributed by atoms with Crippen molar-refractivity contribution in [3.63, 3.8) is 0 Å². The smallest absolute Gasteiger partial charge is 0.141 e. The van der Waals surface area contributed by atoms with Crippen molar-refractivity contribution in [1.29, 1.82) is 0 Å². The summed E-state index contributed by atoms with van der Waals surface area (Å²) in [5.74, 6) is 2.66. The van der Waals surface area contributed by atoms with Crippen molar-refractivity contribution in [3.8, 4) is 22.9 Å². The van der Waals surface area contributed by atoms with E-state index in [0.29, 0.717) is 6.61 Å². The van der Waals surface area contributed by atoms with Gasteiger partial charge >= 0.3 is 0 Å². The predicted molar refractivity (Wildman–Crippen MR) is 123 cm³/mol. The minimum absolute atomic E-state index is 0.669. The van der Waals surface area contributed by atoms with Gasteiger partial charge in [-0.25, -0.2) is 4.98 Å². The molecular formula is C25H25ClN2O2. The number of nitrogens with zero attached hydrogens (tertiary/aromatic N) is 2. The van der Waals surface area contributed by atoms with E-state index in [1.807, 2.05) is 49.4 Å². The third kappa shape index (κ3) is 4.44. The highest BCUT2D eigenvalue weighted by Crippen LogP contribution is 2.28. The van der Waals surface area contributed by atoms with Crippen LogP contribution >= 0.6 is 11.6 Å². The van der Waals surface area contributed by atoms with Crippen LogP contribution in [0.25, 0.3) is 22.4 Å². The van der Waals surface area contributed by atoms with E-state index in [1.165, 1.54) is 0 Å². The summed E-state index contributed by atoms with van der Waals surface area (Å²) < 4.78 is 13.6. The summed E-state index contributed by atoms with van der Waals surface area (Å²) in [4.78, 5) is 4.89. The molecule has 30 heavy (non-hydrogen) atoms. The Bertz CT molecular complexity index is 1150. The summed E-state index contributed by atoms with van der Waals surface area (Å²) in [6, 6.07) is 22.1. The maximum atomic E-state index is 6.08. The van der Waals surface area contributed by atoms with Gasteiger partial charge in [-0.2, -0.15) is 0 Å². The summed E-state index contributed by atoms with van der Waals surface area (Å²) in [5, 5.41) is 0.763. The summed E-state index contributed by atoms with van der Waals surface area (Å²) in [5.41, 5.74) is 4.23. The number of benzene rings is 3. The van der Waals surface area contributed by atoms with Gasteiger partial charge in [0.15, 0.2) is 0 Å². The van der Waals surface area contributed by atoms with Gasteiger partial charge < -0.3 is 14.0 Å². The first-order valence-corrected chi connectivity index (χ1v) is 10.5. The van der Waals surface area contributed by atoms with Gasteiger partial charge in [0.1, 0.15) is 17.3 Å². The topological polar surface area (TPSA) is 36.3 Å². The molecule has 0 spiro atoms. The zero-order chi connectivity index (χ0) is 20.9. The molecule has 5 heteroatoms. The Labute approximate surface area is 182 Å². The first-order chi connectivity index (χ1) is 14.7. The molecule has 0 aliphatic carbocycles. The first-order valence-electron chi connectivity index (χ1n) is 10.1. The van der Waals surface area contributed by atoms with Crippen LogP contribution in [-0.2, 0) is 6.54 Å². The van der Waals surface area contributed by atoms with Gasteiger partial charge in [0.25, 0.3) is 0 Å². The summed E-state index contributed by atoms with van der Waals surface area (Å²) in [6.45, 7) is 3.53. The monoisotopic (exact) mass is 420 g/mol. The molecule has 0 aliphatic heterocycles. The maximum Gasteiger partial charge on any atom is 0.141 e. The van der Waals surface area contributed by atoms with Crippen molar-refractivity contribution in [3.05, 3.63) is 77.3 Å². The van der Waals surface area contributed by atoms with Crippen LogP contribution in [0, 0.1) is 6.92 Å². The molecule has 0 saturated heterocycles. The third-order valence-electron chi connectivity index (χ3n) is 5.16. The molecule has 4 aromatic rings. The predicted octanol–water partition coefficient (Wildman–Crippen LogP) is 6.53. The van der Waals surface area contributed by atoms with Gasteiger partial charge in [0.2, 0.25) is 0 Å². The Morgan fingerprint density at radius 1 is 0.933 bits per heavy atom. The molecule has 0 saturated carbocycles. The quantitative estimate of drug-likeness (QED) is 0.304. The lowest BCUT2D eigenvalue weighted by atomic mass is 10.2. The molecule has 1 heterocycles. The Morgan fingerprint density at radius 3 is 2.63 bits per heavy atom. The zero-order valence-electron chi connectivity index (χ0n) is 17.3. The Hall–Kier alpha value is -2.98. The van der Waals surface area contributed by atoms with Crippen molar-refractivity contribution in [2.75, 3.05) is 13.7 Å². The number of halogens is 1. The van der Waals surface area contributed by atoms with Crippen molar-refractivity contribution in [2.24, 2.45) is 0 Å². The highest BCUT2D eigenvalue weighted by Gasteiger charge is 2.13. The number of fused-ring (bicyclic) bond motifs is 1. The molecule has 0 N–H and O–H groups in total. The van der Waals surface area contributed by atoms with Crippen LogP contribution in [0.5, 0.6) is 11.5 Å². The van der Waals surface area contributed by atoms with E-state index >= 15 is 0 Å². The number of aromatic nitrogens is 2. The fraction of sp³-hybridized carbons (Fsp3) is 0.240. The largest absolute Gasteiger partial charge is 0.497 e. The van der Waals surface area contributed by atoms with Crippen LogP contribution in [-0.4, -0.2) is 23.3 Å². The molecule has 0 amide bonds. The van der Waals surface area contributed by atoms with E-state index in [0.717, 1.165) is 63.9 Å². The lowest BCUT2D eigenvalue weighted by molar-refractivity contribution is 0.303. The number of unbranched alkanes of at least 4 members (excludes halogenated alkanes) is 1. The second kappa shape index (κ2) is 9.23. The molecule has 4 rings (SSSR count). The standard InChI is InChI=1S/C25H25ClN2O2/c1-18-16-21(12-13-22(18)26)30-15-6-5-14-28-24-11-4-3-10-23(24)27-25(28)19-8-7-9-20(17-19)29-2/h3-4,7-13,16-17H,5-6,14-15H2,1-2H3. The zero-order valence-corrected chi connectivity index (χ0v) is 18.0. The van der Waals surface area contributed by atoms with E-state index in [9.17, 15) is 0 Å². The number of ether oxygens (including phenoxy) is 2. The Morgan fingerprint density at radius 2 is 1.80 bits per heavy atom. The average molecular weight is 421 g/mol. The van der Waals surface area contributed by atoms with E-state index in [-0.39, 0.29) is 0 Å². The van der Waals surface area contributed by atoms with Crippen molar-refractivity contribution >= 4 is 22.6 Å². The van der Waals surface area contributed by atoms with Crippen molar-refractivity contribution < 1.29 is 9.47 Å². The number of hydrogen-bond donors (Lipinski definition) is 0. The number of para-hydroxylation sites is 2. The molecular weight excluding hydrogens is 396 g/mol. The highest BCUT2D eigenvalue weighted by molar-refractivity contribution is 6.31. The van der Waals surface area contributed by atoms with Gasteiger partial charge in [0, 0.05) is 17.1 Å². The number of hydrogen-bond acceptors (Lipinski definition) is 3. The van der Waals surface area contributed by atoms with Gasteiger partial charge in [-0.15, -0.1) is 0 Å². The van der Waals surface area contributed by atoms with Crippen LogP contribution < -0.4 is 9.47 Å².